The van der Waals surface area contributed by atoms with Crippen molar-refractivity contribution in [1.82, 2.24) is 13.9 Å². The van der Waals surface area contributed by atoms with Crippen LogP contribution in [0.5, 0.6) is 0 Å². The fraction of sp³-hybridized carbons (Fsp3) is 0.684. The number of nitrogens with zero attached hydrogens (tertiary/aromatic N) is 2. The van der Waals surface area contributed by atoms with E-state index in [-0.39, 0.29) is 6.04 Å². The number of benzene rings is 1. The molecule has 0 spiro atoms. The van der Waals surface area contributed by atoms with Crippen LogP contribution in [-0.2, 0) is 14.9 Å². The van der Waals surface area contributed by atoms with Crippen LogP contribution in [-0.4, -0.2) is 63.6 Å². The third-order valence-corrected chi connectivity index (χ3v) is 7.10. The summed E-state index contributed by atoms with van der Waals surface area (Å²) in [6.07, 6.45) is 1.07. The molecule has 2 aliphatic rings. The highest BCUT2D eigenvalue weighted by Gasteiger charge is 2.32. The van der Waals surface area contributed by atoms with Gasteiger partial charge in [-0.2, -0.15) is 12.7 Å². The van der Waals surface area contributed by atoms with Crippen molar-refractivity contribution in [3.63, 3.8) is 0 Å². The largest absolute Gasteiger partial charge is 0.379 e. The Balaban J connectivity index is 1.73. The van der Waals surface area contributed by atoms with Crippen molar-refractivity contribution in [2.45, 2.75) is 26.3 Å². The van der Waals surface area contributed by atoms with Crippen LogP contribution in [0.1, 0.15) is 31.9 Å². The zero-order chi connectivity index (χ0) is 19.4. The van der Waals surface area contributed by atoms with E-state index in [0.29, 0.717) is 49.7 Å². The molecular formula is C19H30ClN3O3S. The molecule has 152 valence electrons. The average Bonchev–Trinajstić information content (AvgIpc) is 2.62. The van der Waals surface area contributed by atoms with E-state index in [4.69, 9.17) is 16.3 Å². The Bertz CT molecular complexity index is 715. The summed E-state index contributed by atoms with van der Waals surface area (Å²) in [6, 6.07) is 7.60. The number of piperidine rings is 1. The Kier molecular flexibility index (Phi) is 7.16. The van der Waals surface area contributed by atoms with Gasteiger partial charge in [-0.15, -0.1) is 0 Å². The molecule has 0 aromatic heterocycles. The first-order valence-electron chi connectivity index (χ1n) is 9.67. The molecule has 2 aliphatic heterocycles. The minimum absolute atomic E-state index is 0.0676. The topological polar surface area (TPSA) is 61.9 Å². The molecule has 0 bridgehead atoms. The molecule has 1 aromatic rings. The van der Waals surface area contributed by atoms with E-state index in [0.717, 1.165) is 25.1 Å². The lowest BCUT2D eigenvalue weighted by Crippen LogP contribution is -2.50. The molecule has 0 saturated carbocycles. The van der Waals surface area contributed by atoms with Crippen LogP contribution < -0.4 is 4.72 Å². The van der Waals surface area contributed by atoms with E-state index >= 15 is 0 Å². The second-order valence-electron chi connectivity index (χ2n) is 7.84. The normalized spacial score (nSPS) is 26.8. The molecule has 2 fully saturated rings. The van der Waals surface area contributed by atoms with Gasteiger partial charge < -0.3 is 4.74 Å². The van der Waals surface area contributed by atoms with Gasteiger partial charge in [0, 0.05) is 43.8 Å². The number of ether oxygens (including phenoxy) is 1. The monoisotopic (exact) mass is 415 g/mol. The first-order valence-corrected chi connectivity index (χ1v) is 11.5. The Morgan fingerprint density at radius 2 is 1.89 bits per heavy atom. The standard InChI is InChI=1S/C19H30ClN3O3S/c1-15-10-16(2)14-23(13-15)27(24,25)21-12-19(22-6-8-26-9-7-22)17-4-3-5-18(20)11-17/h3-5,11,15-16,19,21H,6-10,12-14H2,1-2H3. The maximum atomic E-state index is 12.9. The quantitative estimate of drug-likeness (QED) is 0.775. The first kappa shape index (κ1) is 21.0. The molecule has 0 radical (unpaired) electrons. The molecule has 2 heterocycles. The summed E-state index contributed by atoms with van der Waals surface area (Å²) in [6.45, 7) is 8.57. The predicted molar refractivity (Wildman–Crippen MR) is 108 cm³/mol. The van der Waals surface area contributed by atoms with Crippen LogP contribution in [0.15, 0.2) is 24.3 Å². The Hall–Kier alpha value is -0.700. The highest BCUT2D eigenvalue weighted by molar-refractivity contribution is 7.87. The number of rotatable bonds is 6. The lowest BCUT2D eigenvalue weighted by molar-refractivity contribution is 0.0171. The molecule has 1 N–H and O–H groups in total. The summed E-state index contributed by atoms with van der Waals surface area (Å²) in [7, 11) is -3.51. The molecule has 27 heavy (non-hydrogen) atoms. The third-order valence-electron chi connectivity index (χ3n) is 5.35. The Morgan fingerprint density at radius 3 is 2.52 bits per heavy atom. The summed E-state index contributed by atoms with van der Waals surface area (Å²) in [4.78, 5) is 2.26. The van der Waals surface area contributed by atoms with E-state index in [1.165, 1.54) is 0 Å². The molecule has 3 rings (SSSR count). The molecule has 1 aromatic carbocycles. The number of morpholine rings is 1. The van der Waals surface area contributed by atoms with E-state index in [9.17, 15) is 8.42 Å². The maximum absolute atomic E-state index is 12.9. The lowest BCUT2D eigenvalue weighted by Gasteiger charge is -2.37. The van der Waals surface area contributed by atoms with Gasteiger partial charge in [-0.3, -0.25) is 4.90 Å². The minimum Gasteiger partial charge on any atom is -0.379 e. The highest BCUT2D eigenvalue weighted by atomic mass is 35.5. The molecule has 3 unspecified atom stereocenters. The summed E-state index contributed by atoms with van der Waals surface area (Å²) in [5, 5.41) is 0.660. The van der Waals surface area contributed by atoms with E-state index in [2.05, 4.69) is 23.5 Å². The molecular weight excluding hydrogens is 386 g/mol. The zero-order valence-corrected chi connectivity index (χ0v) is 17.7. The van der Waals surface area contributed by atoms with Gasteiger partial charge in [0.1, 0.15) is 0 Å². The molecule has 6 nitrogen and oxygen atoms in total. The molecule has 0 aliphatic carbocycles. The summed E-state index contributed by atoms with van der Waals surface area (Å²) in [5.74, 6) is 0.765. The van der Waals surface area contributed by atoms with Gasteiger partial charge in [-0.1, -0.05) is 37.6 Å². The van der Waals surface area contributed by atoms with Gasteiger partial charge >= 0.3 is 0 Å². The maximum Gasteiger partial charge on any atom is 0.279 e. The van der Waals surface area contributed by atoms with Gasteiger partial charge in [-0.25, -0.2) is 4.72 Å². The zero-order valence-electron chi connectivity index (χ0n) is 16.1. The number of hydrogen-bond acceptors (Lipinski definition) is 4. The van der Waals surface area contributed by atoms with Crippen LogP contribution in [0.3, 0.4) is 0 Å². The molecule has 0 amide bonds. The average molecular weight is 416 g/mol. The van der Waals surface area contributed by atoms with E-state index in [1.54, 1.807) is 4.31 Å². The highest BCUT2D eigenvalue weighted by Crippen LogP contribution is 2.26. The van der Waals surface area contributed by atoms with Crippen molar-refractivity contribution in [3.8, 4) is 0 Å². The number of nitrogens with one attached hydrogen (secondary N) is 1. The van der Waals surface area contributed by atoms with Crippen molar-refractivity contribution < 1.29 is 13.2 Å². The van der Waals surface area contributed by atoms with Crippen molar-refractivity contribution in [1.29, 1.82) is 0 Å². The Morgan fingerprint density at radius 1 is 1.22 bits per heavy atom. The van der Waals surface area contributed by atoms with Gasteiger partial charge in [0.25, 0.3) is 10.2 Å². The number of hydrogen-bond donors (Lipinski definition) is 1. The predicted octanol–water partition coefficient (Wildman–Crippen LogP) is 2.53. The van der Waals surface area contributed by atoms with Crippen LogP contribution in [0.4, 0.5) is 0 Å². The van der Waals surface area contributed by atoms with E-state index in [1.807, 2.05) is 24.3 Å². The lowest BCUT2D eigenvalue weighted by atomic mass is 9.94. The fourth-order valence-corrected chi connectivity index (χ4v) is 5.79. The van der Waals surface area contributed by atoms with Crippen molar-refractivity contribution in [3.05, 3.63) is 34.9 Å². The third kappa shape index (κ3) is 5.65. The van der Waals surface area contributed by atoms with Gasteiger partial charge in [0.2, 0.25) is 0 Å². The van der Waals surface area contributed by atoms with Crippen LogP contribution in [0.25, 0.3) is 0 Å². The molecule has 8 heteroatoms. The minimum atomic E-state index is -3.51. The van der Waals surface area contributed by atoms with Gasteiger partial charge in [-0.05, 0) is 36.0 Å². The van der Waals surface area contributed by atoms with Crippen molar-refractivity contribution in [2.75, 3.05) is 45.9 Å². The Labute approximate surface area is 168 Å². The van der Waals surface area contributed by atoms with Crippen LogP contribution in [0, 0.1) is 11.8 Å². The number of halogens is 1. The van der Waals surface area contributed by atoms with Crippen molar-refractivity contribution in [2.24, 2.45) is 11.8 Å². The van der Waals surface area contributed by atoms with Gasteiger partial charge in [0.05, 0.1) is 13.2 Å². The SMILES string of the molecule is CC1CC(C)CN(S(=O)(=O)NCC(c2cccc(Cl)c2)N2CCOCC2)C1. The summed E-state index contributed by atoms with van der Waals surface area (Å²) in [5.41, 5.74) is 1.02. The van der Waals surface area contributed by atoms with Gasteiger partial charge in [0.15, 0.2) is 0 Å². The smallest absolute Gasteiger partial charge is 0.279 e. The van der Waals surface area contributed by atoms with Crippen molar-refractivity contribution >= 4 is 21.8 Å². The first-order chi connectivity index (χ1) is 12.8. The second kappa shape index (κ2) is 9.20. The van der Waals surface area contributed by atoms with E-state index < -0.39 is 10.2 Å². The molecule has 3 atom stereocenters. The van der Waals surface area contributed by atoms with Crippen LogP contribution in [0.2, 0.25) is 5.02 Å². The fourth-order valence-electron chi connectivity index (χ4n) is 4.14. The summed E-state index contributed by atoms with van der Waals surface area (Å²) < 4.78 is 35.7. The van der Waals surface area contributed by atoms with Crippen LogP contribution >= 0.6 is 11.6 Å². The molecule has 2 saturated heterocycles. The summed E-state index contributed by atoms with van der Waals surface area (Å²) >= 11 is 6.18. The second-order valence-corrected chi connectivity index (χ2v) is 10.0.